The van der Waals surface area contributed by atoms with Crippen molar-refractivity contribution in [3.05, 3.63) is 28.8 Å². The lowest BCUT2D eigenvalue weighted by molar-refractivity contribution is 0.389. The van der Waals surface area contributed by atoms with Gasteiger partial charge < -0.3 is 10.1 Å². The number of nitrogens with one attached hydrogen (secondary N) is 1. The Morgan fingerprint density at radius 3 is 2.84 bits per heavy atom. The lowest BCUT2D eigenvalue weighted by Crippen LogP contribution is -2.26. The summed E-state index contributed by atoms with van der Waals surface area (Å²) in [6.45, 7) is 1.14. The maximum Gasteiger partial charge on any atom is 0.122 e. The fraction of sp³-hybridized carbons (Fsp3) is 0.625. The van der Waals surface area contributed by atoms with Gasteiger partial charge in [-0.1, -0.05) is 18.0 Å². The van der Waals surface area contributed by atoms with Crippen LogP contribution in [0.15, 0.2) is 18.2 Å². The van der Waals surface area contributed by atoms with Gasteiger partial charge >= 0.3 is 0 Å². The van der Waals surface area contributed by atoms with Gasteiger partial charge in [0.15, 0.2) is 0 Å². The van der Waals surface area contributed by atoms with Crippen molar-refractivity contribution in [2.45, 2.75) is 44.1 Å². The molecule has 3 heteroatoms. The Morgan fingerprint density at radius 2 is 2.11 bits per heavy atom. The quantitative estimate of drug-likeness (QED) is 0.880. The SMILES string of the molecule is COc1ccc(Cl)cc1C1CCCC1CNC1CC1. The second-order valence-electron chi connectivity index (χ2n) is 5.87. The van der Waals surface area contributed by atoms with Crippen LogP contribution in [-0.2, 0) is 0 Å². The maximum absolute atomic E-state index is 6.17. The summed E-state index contributed by atoms with van der Waals surface area (Å²) in [5.41, 5.74) is 1.30. The first-order valence-corrected chi connectivity index (χ1v) is 7.72. The van der Waals surface area contributed by atoms with Gasteiger partial charge in [0, 0.05) is 11.1 Å². The van der Waals surface area contributed by atoms with Gasteiger partial charge in [-0.05, 0) is 67.8 Å². The summed E-state index contributed by atoms with van der Waals surface area (Å²) in [6.07, 6.45) is 6.61. The van der Waals surface area contributed by atoms with E-state index in [0.29, 0.717) is 5.92 Å². The van der Waals surface area contributed by atoms with Crippen LogP contribution in [0.4, 0.5) is 0 Å². The molecule has 1 aromatic rings. The van der Waals surface area contributed by atoms with E-state index in [0.717, 1.165) is 29.3 Å². The number of ether oxygens (including phenoxy) is 1. The first-order chi connectivity index (χ1) is 9.28. The highest BCUT2D eigenvalue weighted by atomic mass is 35.5. The first-order valence-electron chi connectivity index (χ1n) is 7.34. The molecule has 0 saturated heterocycles. The number of hydrogen-bond donors (Lipinski definition) is 1. The number of halogens is 1. The predicted octanol–water partition coefficient (Wildman–Crippen LogP) is 3.98. The summed E-state index contributed by atoms with van der Waals surface area (Å²) in [5, 5.41) is 4.49. The lowest BCUT2D eigenvalue weighted by Gasteiger charge is -2.22. The number of benzene rings is 1. The van der Waals surface area contributed by atoms with Crippen LogP contribution in [-0.4, -0.2) is 19.7 Å². The molecule has 19 heavy (non-hydrogen) atoms. The Kier molecular flexibility index (Phi) is 3.99. The molecule has 0 heterocycles. The molecular weight excluding hydrogens is 258 g/mol. The molecule has 0 radical (unpaired) electrons. The minimum atomic E-state index is 0.597. The molecule has 104 valence electrons. The zero-order valence-corrected chi connectivity index (χ0v) is 12.2. The van der Waals surface area contributed by atoms with E-state index in [9.17, 15) is 0 Å². The lowest BCUT2D eigenvalue weighted by atomic mass is 9.88. The molecule has 0 aliphatic heterocycles. The van der Waals surface area contributed by atoms with Crippen molar-refractivity contribution >= 4 is 11.6 Å². The second kappa shape index (κ2) is 5.72. The van der Waals surface area contributed by atoms with E-state index in [2.05, 4.69) is 11.4 Å². The van der Waals surface area contributed by atoms with Crippen molar-refractivity contribution in [2.24, 2.45) is 5.92 Å². The zero-order valence-electron chi connectivity index (χ0n) is 11.5. The van der Waals surface area contributed by atoms with Crippen LogP contribution in [0.1, 0.15) is 43.6 Å². The fourth-order valence-electron chi connectivity index (χ4n) is 3.29. The molecule has 0 amide bonds. The van der Waals surface area contributed by atoms with Crippen LogP contribution >= 0.6 is 11.6 Å². The van der Waals surface area contributed by atoms with Gasteiger partial charge in [-0.25, -0.2) is 0 Å². The molecule has 3 rings (SSSR count). The molecule has 0 aromatic heterocycles. The molecule has 2 atom stereocenters. The topological polar surface area (TPSA) is 21.3 Å². The maximum atomic E-state index is 6.17. The minimum absolute atomic E-state index is 0.597. The van der Waals surface area contributed by atoms with E-state index in [1.54, 1.807) is 7.11 Å². The molecular formula is C16H22ClNO. The van der Waals surface area contributed by atoms with Crippen molar-refractivity contribution in [3.8, 4) is 5.75 Å². The third kappa shape index (κ3) is 3.06. The Labute approximate surface area is 120 Å². The third-order valence-electron chi connectivity index (χ3n) is 4.50. The van der Waals surface area contributed by atoms with Crippen molar-refractivity contribution in [1.82, 2.24) is 5.32 Å². The van der Waals surface area contributed by atoms with Crippen LogP contribution in [0.3, 0.4) is 0 Å². The van der Waals surface area contributed by atoms with Crippen molar-refractivity contribution in [2.75, 3.05) is 13.7 Å². The van der Waals surface area contributed by atoms with Gasteiger partial charge in [0.05, 0.1) is 7.11 Å². The minimum Gasteiger partial charge on any atom is -0.496 e. The molecule has 1 N–H and O–H groups in total. The van der Waals surface area contributed by atoms with Crippen molar-refractivity contribution in [3.63, 3.8) is 0 Å². The van der Waals surface area contributed by atoms with Gasteiger partial charge in [0.2, 0.25) is 0 Å². The van der Waals surface area contributed by atoms with Gasteiger partial charge in [-0.3, -0.25) is 0 Å². The Balaban J connectivity index is 1.76. The summed E-state index contributed by atoms with van der Waals surface area (Å²) in [4.78, 5) is 0. The highest BCUT2D eigenvalue weighted by Crippen LogP contribution is 2.43. The molecule has 0 bridgehead atoms. The summed E-state index contributed by atoms with van der Waals surface area (Å²) >= 11 is 6.17. The van der Waals surface area contributed by atoms with E-state index in [-0.39, 0.29) is 0 Å². The number of methoxy groups -OCH3 is 1. The summed E-state index contributed by atoms with van der Waals surface area (Å²) in [5.74, 6) is 2.32. The number of hydrogen-bond acceptors (Lipinski definition) is 2. The second-order valence-corrected chi connectivity index (χ2v) is 6.30. The molecule has 2 aliphatic rings. The standard InChI is InChI=1S/C16H22ClNO/c1-19-16-8-5-12(17)9-15(16)14-4-2-3-11(14)10-18-13-6-7-13/h5,8-9,11,13-14,18H,2-4,6-7,10H2,1H3. The molecule has 2 fully saturated rings. The Morgan fingerprint density at radius 1 is 1.26 bits per heavy atom. The van der Waals surface area contributed by atoms with E-state index in [1.165, 1.54) is 37.7 Å². The number of rotatable bonds is 5. The average molecular weight is 280 g/mol. The van der Waals surface area contributed by atoms with E-state index in [4.69, 9.17) is 16.3 Å². The normalized spacial score (nSPS) is 26.6. The Bertz CT molecular complexity index is 444. The summed E-state index contributed by atoms with van der Waals surface area (Å²) < 4.78 is 5.52. The zero-order chi connectivity index (χ0) is 13.2. The van der Waals surface area contributed by atoms with Crippen LogP contribution < -0.4 is 10.1 Å². The molecule has 2 nitrogen and oxygen atoms in total. The third-order valence-corrected chi connectivity index (χ3v) is 4.73. The van der Waals surface area contributed by atoms with Gasteiger partial charge in [-0.15, -0.1) is 0 Å². The fourth-order valence-corrected chi connectivity index (χ4v) is 3.47. The van der Waals surface area contributed by atoms with E-state index >= 15 is 0 Å². The van der Waals surface area contributed by atoms with Gasteiger partial charge in [0.25, 0.3) is 0 Å². The molecule has 2 aliphatic carbocycles. The average Bonchev–Trinajstić information content (AvgIpc) is 3.13. The smallest absolute Gasteiger partial charge is 0.122 e. The van der Waals surface area contributed by atoms with Gasteiger partial charge in [-0.2, -0.15) is 0 Å². The molecule has 2 saturated carbocycles. The molecule has 1 aromatic carbocycles. The highest BCUT2D eigenvalue weighted by molar-refractivity contribution is 6.30. The summed E-state index contributed by atoms with van der Waals surface area (Å²) in [7, 11) is 1.75. The van der Waals surface area contributed by atoms with E-state index < -0.39 is 0 Å². The largest absolute Gasteiger partial charge is 0.496 e. The molecule has 0 spiro atoms. The first kappa shape index (κ1) is 13.3. The van der Waals surface area contributed by atoms with Crippen molar-refractivity contribution < 1.29 is 4.74 Å². The molecule has 2 unspecified atom stereocenters. The van der Waals surface area contributed by atoms with E-state index in [1.807, 2.05) is 12.1 Å². The Hall–Kier alpha value is -0.730. The summed E-state index contributed by atoms with van der Waals surface area (Å²) in [6, 6.07) is 6.81. The van der Waals surface area contributed by atoms with Crippen LogP contribution in [0, 0.1) is 5.92 Å². The predicted molar refractivity (Wildman–Crippen MR) is 79.1 cm³/mol. The van der Waals surface area contributed by atoms with Crippen LogP contribution in [0.2, 0.25) is 5.02 Å². The van der Waals surface area contributed by atoms with Crippen molar-refractivity contribution in [1.29, 1.82) is 0 Å². The monoisotopic (exact) mass is 279 g/mol. The van der Waals surface area contributed by atoms with Crippen LogP contribution in [0.25, 0.3) is 0 Å². The highest BCUT2D eigenvalue weighted by Gasteiger charge is 2.32. The van der Waals surface area contributed by atoms with Gasteiger partial charge in [0.1, 0.15) is 5.75 Å². The van der Waals surface area contributed by atoms with Crippen LogP contribution in [0.5, 0.6) is 5.75 Å².